The number of hydrogen-bond donors (Lipinski definition) is 3. The predicted octanol–water partition coefficient (Wildman–Crippen LogP) is 2.70. The minimum absolute atomic E-state index is 0.253. The van der Waals surface area contributed by atoms with Gasteiger partial charge in [0, 0.05) is 11.8 Å². The van der Waals surface area contributed by atoms with Crippen LogP contribution in [-0.2, 0) is 21.4 Å². The molecular weight excluding hydrogens is 408 g/mol. The maximum atomic E-state index is 12.1. The maximum absolute atomic E-state index is 12.1. The number of fused-ring (bicyclic) bond motifs is 1. The van der Waals surface area contributed by atoms with Crippen molar-refractivity contribution in [1.82, 2.24) is 14.9 Å². The van der Waals surface area contributed by atoms with Crippen molar-refractivity contribution in [1.29, 1.82) is 0 Å². The van der Waals surface area contributed by atoms with E-state index in [1.165, 1.54) is 0 Å². The van der Waals surface area contributed by atoms with Gasteiger partial charge in [0.05, 0.1) is 16.8 Å². The third kappa shape index (κ3) is 5.57. The summed E-state index contributed by atoms with van der Waals surface area (Å²) in [5, 5.41) is 7.94. The molecule has 0 unspecified atom stereocenters. The molecule has 0 aliphatic heterocycles. The number of carbonyl (C=O) groups excluding carboxylic acids is 1. The Kier molecular flexibility index (Phi) is 5.79. The minimum Gasteiger partial charge on any atom is -0.443 e. The standard InChI is InChI=1S/C20H22N4O5S/c1-20(2,3)29-19(26)24-30(27,28)23-14-10-8-13(9-11-14)12-17-15-6-4-5-7-16(15)18(25)22-21-17/h4-11,23H,12H2,1-3H3,(H,22,25)(H,24,26). The highest BCUT2D eigenvalue weighted by Crippen LogP contribution is 2.18. The molecule has 0 atom stereocenters. The third-order valence-electron chi connectivity index (χ3n) is 3.97. The summed E-state index contributed by atoms with van der Waals surface area (Å²) in [5.41, 5.74) is 0.764. The Hall–Kier alpha value is -3.40. The molecule has 158 valence electrons. The number of ether oxygens (including phenoxy) is 1. The van der Waals surface area contributed by atoms with Crippen LogP contribution in [0, 0.1) is 0 Å². The number of anilines is 1. The monoisotopic (exact) mass is 430 g/mol. The van der Waals surface area contributed by atoms with Gasteiger partial charge in [0.2, 0.25) is 0 Å². The van der Waals surface area contributed by atoms with E-state index in [0.717, 1.165) is 10.9 Å². The number of carbonyl (C=O) groups is 1. The van der Waals surface area contributed by atoms with Crippen molar-refractivity contribution < 1.29 is 17.9 Å². The Bertz CT molecular complexity index is 1230. The molecule has 2 aromatic carbocycles. The minimum atomic E-state index is -4.14. The molecule has 1 heterocycles. The first-order valence-electron chi connectivity index (χ1n) is 9.11. The lowest BCUT2D eigenvalue weighted by atomic mass is 10.0. The van der Waals surface area contributed by atoms with Crippen molar-refractivity contribution in [2.75, 3.05) is 4.72 Å². The Labute approximate surface area is 173 Å². The lowest BCUT2D eigenvalue weighted by molar-refractivity contribution is 0.0570. The van der Waals surface area contributed by atoms with Crippen molar-refractivity contribution >= 4 is 32.8 Å². The fraction of sp³-hybridized carbons (Fsp3) is 0.250. The molecule has 0 bridgehead atoms. The highest BCUT2D eigenvalue weighted by atomic mass is 32.2. The van der Waals surface area contributed by atoms with Crippen LogP contribution < -0.4 is 15.0 Å². The number of aromatic nitrogens is 2. The summed E-state index contributed by atoms with van der Waals surface area (Å²) in [6.07, 6.45) is -0.622. The van der Waals surface area contributed by atoms with Gasteiger partial charge in [-0.2, -0.15) is 13.5 Å². The third-order valence-corrected chi connectivity index (χ3v) is 4.91. The second-order valence-corrected chi connectivity index (χ2v) is 9.04. The van der Waals surface area contributed by atoms with Gasteiger partial charge in [0.1, 0.15) is 5.60 Å². The molecule has 0 radical (unpaired) electrons. The van der Waals surface area contributed by atoms with Gasteiger partial charge in [-0.25, -0.2) is 14.6 Å². The zero-order valence-electron chi connectivity index (χ0n) is 16.7. The van der Waals surface area contributed by atoms with E-state index in [4.69, 9.17) is 4.74 Å². The number of H-pyrrole nitrogens is 1. The molecular formula is C20H22N4O5S. The van der Waals surface area contributed by atoms with Crippen molar-refractivity contribution in [3.8, 4) is 0 Å². The van der Waals surface area contributed by atoms with Crippen molar-refractivity contribution in [2.45, 2.75) is 32.8 Å². The molecule has 3 aromatic rings. The quantitative estimate of drug-likeness (QED) is 0.570. The van der Waals surface area contributed by atoms with Crippen molar-refractivity contribution in [3.05, 3.63) is 70.1 Å². The first-order chi connectivity index (χ1) is 14.0. The smallest absolute Gasteiger partial charge is 0.422 e. The van der Waals surface area contributed by atoms with E-state index >= 15 is 0 Å². The number of benzene rings is 2. The van der Waals surface area contributed by atoms with Crippen molar-refractivity contribution in [2.24, 2.45) is 0 Å². The average Bonchev–Trinajstić information content (AvgIpc) is 2.63. The molecule has 3 N–H and O–H groups in total. The van der Waals surface area contributed by atoms with Gasteiger partial charge in [-0.3, -0.25) is 9.52 Å². The zero-order valence-corrected chi connectivity index (χ0v) is 17.5. The second-order valence-electron chi connectivity index (χ2n) is 7.63. The summed E-state index contributed by atoms with van der Waals surface area (Å²) in [7, 11) is -4.14. The summed E-state index contributed by atoms with van der Waals surface area (Å²) in [6.45, 7) is 4.89. The van der Waals surface area contributed by atoms with Crippen LogP contribution in [0.15, 0.2) is 53.3 Å². The van der Waals surface area contributed by atoms with E-state index in [1.54, 1.807) is 61.9 Å². The van der Waals surface area contributed by atoms with Crippen LogP contribution in [0.3, 0.4) is 0 Å². The van der Waals surface area contributed by atoms with E-state index < -0.39 is 21.9 Å². The highest BCUT2D eigenvalue weighted by molar-refractivity contribution is 7.91. The number of hydrogen-bond acceptors (Lipinski definition) is 6. The number of nitrogens with zero attached hydrogens (tertiary/aromatic N) is 1. The van der Waals surface area contributed by atoms with Gasteiger partial charge in [0.15, 0.2) is 0 Å². The summed E-state index contributed by atoms with van der Waals surface area (Å²) in [6, 6.07) is 13.8. The molecule has 30 heavy (non-hydrogen) atoms. The molecule has 9 nitrogen and oxygen atoms in total. The summed E-state index contributed by atoms with van der Waals surface area (Å²) >= 11 is 0. The van der Waals surface area contributed by atoms with Gasteiger partial charge < -0.3 is 4.74 Å². The molecule has 0 spiro atoms. The van der Waals surface area contributed by atoms with Crippen LogP contribution in [0.1, 0.15) is 32.0 Å². The fourth-order valence-electron chi connectivity index (χ4n) is 2.78. The molecule has 0 aliphatic carbocycles. The van der Waals surface area contributed by atoms with Gasteiger partial charge in [0.25, 0.3) is 5.56 Å². The topological polar surface area (TPSA) is 130 Å². The molecule has 0 saturated carbocycles. The van der Waals surface area contributed by atoms with E-state index in [2.05, 4.69) is 14.9 Å². The molecule has 0 aliphatic rings. The maximum Gasteiger partial charge on any atom is 0.422 e. The molecule has 1 aromatic heterocycles. The van der Waals surface area contributed by atoms with Gasteiger partial charge in [-0.15, -0.1) is 0 Å². The molecule has 0 fully saturated rings. The highest BCUT2D eigenvalue weighted by Gasteiger charge is 2.21. The van der Waals surface area contributed by atoms with Crippen LogP contribution in [0.4, 0.5) is 10.5 Å². The number of amides is 1. The van der Waals surface area contributed by atoms with Crippen LogP contribution in [0.2, 0.25) is 0 Å². The fourth-order valence-corrected chi connectivity index (χ4v) is 3.54. The number of aromatic amines is 1. The van der Waals surface area contributed by atoms with Crippen LogP contribution in [0.25, 0.3) is 10.8 Å². The molecule has 0 saturated heterocycles. The van der Waals surface area contributed by atoms with E-state index in [-0.39, 0.29) is 11.2 Å². The summed E-state index contributed by atoms with van der Waals surface area (Å²) < 4.78 is 33.2. The Balaban J connectivity index is 1.71. The number of nitrogens with one attached hydrogen (secondary N) is 3. The Morgan fingerprint density at radius 1 is 1.07 bits per heavy atom. The van der Waals surface area contributed by atoms with E-state index in [9.17, 15) is 18.0 Å². The normalized spacial score (nSPS) is 11.8. The molecule has 3 rings (SSSR count). The predicted molar refractivity (Wildman–Crippen MR) is 114 cm³/mol. The summed E-state index contributed by atoms with van der Waals surface area (Å²) in [4.78, 5) is 23.6. The lowest BCUT2D eigenvalue weighted by Crippen LogP contribution is -2.39. The van der Waals surface area contributed by atoms with Crippen LogP contribution in [-0.4, -0.2) is 30.3 Å². The van der Waals surface area contributed by atoms with Gasteiger partial charge in [-0.1, -0.05) is 30.3 Å². The Morgan fingerprint density at radius 3 is 2.33 bits per heavy atom. The van der Waals surface area contributed by atoms with Crippen LogP contribution >= 0.6 is 0 Å². The number of rotatable bonds is 5. The molecule has 10 heteroatoms. The average molecular weight is 430 g/mol. The van der Waals surface area contributed by atoms with Crippen LogP contribution in [0.5, 0.6) is 0 Å². The largest absolute Gasteiger partial charge is 0.443 e. The first-order valence-corrected chi connectivity index (χ1v) is 10.6. The molecule has 1 amide bonds. The lowest BCUT2D eigenvalue weighted by Gasteiger charge is -2.19. The summed E-state index contributed by atoms with van der Waals surface area (Å²) in [5.74, 6) is 0. The zero-order chi connectivity index (χ0) is 21.9. The van der Waals surface area contributed by atoms with E-state index in [0.29, 0.717) is 17.5 Å². The first kappa shape index (κ1) is 21.3. The van der Waals surface area contributed by atoms with Gasteiger partial charge >= 0.3 is 16.3 Å². The van der Waals surface area contributed by atoms with Gasteiger partial charge in [-0.05, 0) is 44.5 Å². The van der Waals surface area contributed by atoms with E-state index in [1.807, 2.05) is 12.1 Å². The van der Waals surface area contributed by atoms with Crippen molar-refractivity contribution in [3.63, 3.8) is 0 Å². The Morgan fingerprint density at radius 2 is 1.70 bits per heavy atom. The second kappa shape index (κ2) is 8.15. The SMILES string of the molecule is CC(C)(C)OC(=O)NS(=O)(=O)Nc1ccc(Cc2n[nH]c(=O)c3ccccc23)cc1.